The Morgan fingerprint density at radius 2 is 2.16 bits per heavy atom. The van der Waals surface area contributed by atoms with Crippen LogP contribution in [0.1, 0.15) is 22.3 Å². The second-order valence-electron chi connectivity index (χ2n) is 4.89. The van der Waals surface area contributed by atoms with Crippen LogP contribution in [0.3, 0.4) is 0 Å². The van der Waals surface area contributed by atoms with Gasteiger partial charge in [0.1, 0.15) is 0 Å². The lowest BCUT2D eigenvalue weighted by Gasteiger charge is -2.13. The van der Waals surface area contributed by atoms with Gasteiger partial charge in [0, 0.05) is 45.0 Å². The van der Waals surface area contributed by atoms with Gasteiger partial charge in [-0.3, -0.25) is 9.48 Å². The molecule has 100 valence electrons. The number of rotatable bonds is 5. The molecular formula is C15H19N3O. The lowest BCUT2D eigenvalue weighted by atomic mass is 10.0. The van der Waals surface area contributed by atoms with Crippen LogP contribution in [0.5, 0.6) is 0 Å². The summed E-state index contributed by atoms with van der Waals surface area (Å²) in [6, 6.07) is 7.73. The van der Waals surface area contributed by atoms with E-state index in [-0.39, 0.29) is 5.78 Å². The highest BCUT2D eigenvalue weighted by Gasteiger charge is 2.08. The first-order chi connectivity index (χ1) is 9.06. The first kappa shape index (κ1) is 13.3. The predicted octanol–water partition coefficient (Wildman–Crippen LogP) is 2.30. The highest BCUT2D eigenvalue weighted by molar-refractivity contribution is 5.97. The fourth-order valence-corrected chi connectivity index (χ4v) is 1.96. The van der Waals surface area contributed by atoms with Gasteiger partial charge in [-0.25, -0.2) is 0 Å². The molecule has 4 heteroatoms. The normalized spacial score (nSPS) is 10.5. The third-order valence-electron chi connectivity index (χ3n) is 3.08. The standard InChI is InChI=1S/C15H19N3O/c1-17(2)14-6-4-5-13(9-14)15(19)8-7-12-10-16-18(3)11-12/h4-6,9-11H,7-8H2,1-3H3. The Morgan fingerprint density at radius 1 is 1.37 bits per heavy atom. The van der Waals surface area contributed by atoms with Crippen molar-refractivity contribution in [2.75, 3.05) is 19.0 Å². The van der Waals surface area contributed by atoms with Gasteiger partial charge >= 0.3 is 0 Å². The number of ketones is 1. The van der Waals surface area contributed by atoms with Crippen molar-refractivity contribution in [3.8, 4) is 0 Å². The van der Waals surface area contributed by atoms with Crippen molar-refractivity contribution >= 4 is 11.5 Å². The van der Waals surface area contributed by atoms with E-state index < -0.39 is 0 Å². The van der Waals surface area contributed by atoms with Crippen LogP contribution >= 0.6 is 0 Å². The number of hydrogen-bond acceptors (Lipinski definition) is 3. The predicted molar refractivity (Wildman–Crippen MR) is 76.6 cm³/mol. The van der Waals surface area contributed by atoms with E-state index in [0.717, 1.165) is 23.2 Å². The summed E-state index contributed by atoms with van der Waals surface area (Å²) < 4.78 is 1.76. The van der Waals surface area contributed by atoms with Crippen LogP contribution in [-0.2, 0) is 13.5 Å². The summed E-state index contributed by atoms with van der Waals surface area (Å²) in [6.07, 6.45) is 5.01. The zero-order valence-corrected chi connectivity index (χ0v) is 11.6. The van der Waals surface area contributed by atoms with Crippen molar-refractivity contribution in [1.29, 1.82) is 0 Å². The first-order valence-electron chi connectivity index (χ1n) is 6.34. The SMILES string of the molecule is CN(C)c1cccc(C(=O)CCc2cnn(C)c2)c1. The molecule has 0 saturated heterocycles. The van der Waals surface area contributed by atoms with E-state index in [1.54, 1.807) is 4.68 Å². The molecule has 2 aromatic rings. The zero-order chi connectivity index (χ0) is 13.8. The van der Waals surface area contributed by atoms with Crippen molar-refractivity contribution in [3.63, 3.8) is 0 Å². The van der Waals surface area contributed by atoms with Crippen LogP contribution in [0, 0.1) is 0 Å². The number of anilines is 1. The Labute approximate surface area is 113 Å². The maximum atomic E-state index is 12.2. The van der Waals surface area contributed by atoms with E-state index in [4.69, 9.17) is 0 Å². The number of hydrogen-bond donors (Lipinski definition) is 0. The third-order valence-corrected chi connectivity index (χ3v) is 3.08. The fourth-order valence-electron chi connectivity index (χ4n) is 1.96. The monoisotopic (exact) mass is 257 g/mol. The lowest BCUT2D eigenvalue weighted by molar-refractivity contribution is 0.0983. The van der Waals surface area contributed by atoms with E-state index in [2.05, 4.69) is 5.10 Å². The Hall–Kier alpha value is -2.10. The molecule has 0 unspecified atom stereocenters. The van der Waals surface area contributed by atoms with Gasteiger partial charge in [-0.05, 0) is 24.1 Å². The summed E-state index contributed by atoms with van der Waals surface area (Å²) in [5.74, 6) is 0.174. The van der Waals surface area contributed by atoms with Crippen LogP contribution < -0.4 is 4.90 Å². The van der Waals surface area contributed by atoms with Crippen molar-refractivity contribution < 1.29 is 4.79 Å². The molecule has 1 aromatic carbocycles. The Balaban J connectivity index is 2.01. The van der Waals surface area contributed by atoms with Crippen molar-refractivity contribution in [2.24, 2.45) is 7.05 Å². The molecule has 0 fully saturated rings. The van der Waals surface area contributed by atoms with Crippen molar-refractivity contribution in [2.45, 2.75) is 12.8 Å². The molecule has 0 aliphatic heterocycles. The zero-order valence-electron chi connectivity index (χ0n) is 11.6. The van der Waals surface area contributed by atoms with E-state index >= 15 is 0 Å². The van der Waals surface area contributed by atoms with Crippen LogP contribution in [0.4, 0.5) is 5.69 Å². The minimum absolute atomic E-state index is 0.174. The molecule has 1 aromatic heterocycles. The lowest BCUT2D eigenvalue weighted by Crippen LogP contribution is -2.10. The van der Waals surface area contributed by atoms with Gasteiger partial charge in [0.2, 0.25) is 0 Å². The minimum Gasteiger partial charge on any atom is -0.378 e. The van der Waals surface area contributed by atoms with Gasteiger partial charge in [-0.2, -0.15) is 5.10 Å². The Kier molecular flexibility index (Phi) is 4.00. The number of aromatic nitrogens is 2. The molecule has 0 N–H and O–H groups in total. The van der Waals surface area contributed by atoms with Crippen LogP contribution in [-0.4, -0.2) is 29.7 Å². The molecule has 0 bridgehead atoms. The van der Waals surface area contributed by atoms with Gasteiger partial charge in [0.05, 0.1) is 6.20 Å². The molecule has 0 atom stereocenters. The van der Waals surface area contributed by atoms with Gasteiger partial charge in [-0.1, -0.05) is 12.1 Å². The topological polar surface area (TPSA) is 38.1 Å². The number of aryl methyl sites for hydroxylation is 2. The molecular weight excluding hydrogens is 238 g/mol. The number of nitrogens with zero attached hydrogens (tertiary/aromatic N) is 3. The Bertz CT molecular complexity index is 572. The van der Waals surface area contributed by atoms with E-state index in [0.29, 0.717) is 6.42 Å². The van der Waals surface area contributed by atoms with E-state index in [1.807, 2.05) is 62.7 Å². The molecule has 0 spiro atoms. The summed E-state index contributed by atoms with van der Waals surface area (Å²) in [5, 5.41) is 4.10. The molecule has 0 aliphatic carbocycles. The number of Topliss-reactive ketones (excluding diaryl/α,β-unsaturated/α-hetero) is 1. The molecule has 0 saturated carbocycles. The first-order valence-corrected chi connectivity index (χ1v) is 6.34. The molecule has 0 aliphatic rings. The second kappa shape index (κ2) is 5.69. The van der Waals surface area contributed by atoms with Gasteiger partial charge in [0.15, 0.2) is 5.78 Å². The number of carbonyl (C=O) groups is 1. The van der Waals surface area contributed by atoms with Gasteiger partial charge in [0.25, 0.3) is 0 Å². The average Bonchev–Trinajstić information content (AvgIpc) is 2.82. The quantitative estimate of drug-likeness (QED) is 0.771. The van der Waals surface area contributed by atoms with Gasteiger partial charge in [-0.15, -0.1) is 0 Å². The minimum atomic E-state index is 0.174. The molecule has 19 heavy (non-hydrogen) atoms. The average molecular weight is 257 g/mol. The number of benzene rings is 1. The summed E-state index contributed by atoms with van der Waals surface area (Å²) in [5.41, 5.74) is 2.92. The highest BCUT2D eigenvalue weighted by atomic mass is 16.1. The molecule has 4 nitrogen and oxygen atoms in total. The van der Waals surface area contributed by atoms with Crippen LogP contribution in [0.25, 0.3) is 0 Å². The van der Waals surface area contributed by atoms with Crippen LogP contribution in [0.2, 0.25) is 0 Å². The third kappa shape index (κ3) is 3.44. The maximum Gasteiger partial charge on any atom is 0.163 e. The maximum absolute atomic E-state index is 12.2. The fraction of sp³-hybridized carbons (Fsp3) is 0.333. The molecule has 0 radical (unpaired) electrons. The Morgan fingerprint density at radius 3 is 2.79 bits per heavy atom. The molecule has 2 rings (SSSR count). The largest absolute Gasteiger partial charge is 0.378 e. The van der Waals surface area contributed by atoms with E-state index in [1.165, 1.54) is 0 Å². The van der Waals surface area contributed by atoms with Crippen molar-refractivity contribution in [1.82, 2.24) is 9.78 Å². The molecule has 1 heterocycles. The van der Waals surface area contributed by atoms with Crippen molar-refractivity contribution in [3.05, 3.63) is 47.8 Å². The smallest absolute Gasteiger partial charge is 0.163 e. The molecule has 0 amide bonds. The summed E-state index contributed by atoms with van der Waals surface area (Å²) in [6.45, 7) is 0. The second-order valence-corrected chi connectivity index (χ2v) is 4.89. The summed E-state index contributed by atoms with van der Waals surface area (Å²) in [4.78, 5) is 14.2. The van der Waals surface area contributed by atoms with E-state index in [9.17, 15) is 4.79 Å². The van der Waals surface area contributed by atoms with Crippen LogP contribution in [0.15, 0.2) is 36.7 Å². The van der Waals surface area contributed by atoms with Gasteiger partial charge < -0.3 is 4.90 Å². The summed E-state index contributed by atoms with van der Waals surface area (Å²) in [7, 11) is 5.82. The highest BCUT2D eigenvalue weighted by Crippen LogP contribution is 2.15. The summed E-state index contributed by atoms with van der Waals surface area (Å²) >= 11 is 0. The number of carbonyl (C=O) groups excluding carboxylic acids is 1.